The lowest BCUT2D eigenvalue weighted by Crippen LogP contribution is -2.35. The van der Waals surface area contributed by atoms with Gasteiger partial charge in [-0.05, 0) is 23.1 Å². The lowest BCUT2D eigenvalue weighted by Gasteiger charge is -2.25. The van der Waals surface area contributed by atoms with E-state index in [1.807, 2.05) is 29.6 Å². The van der Waals surface area contributed by atoms with E-state index in [9.17, 15) is 4.79 Å². The predicted molar refractivity (Wildman–Crippen MR) is 107 cm³/mol. The quantitative estimate of drug-likeness (QED) is 0.821. The number of carbonyl (C=O) groups excluding carboxylic acids is 1. The predicted octanol–water partition coefficient (Wildman–Crippen LogP) is 3.29. The van der Waals surface area contributed by atoms with Crippen molar-refractivity contribution < 1.29 is 14.3 Å². The number of thiazole rings is 1. The summed E-state index contributed by atoms with van der Waals surface area (Å²) in [6.45, 7) is 10.6. The summed E-state index contributed by atoms with van der Waals surface area (Å²) in [6, 6.07) is 7.87. The Kier molecular flexibility index (Phi) is 6.46. The molecule has 27 heavy (non-hydrogen) atoms. The van der Waals surface area contributed by atoms with Crippen molar-refractivity contribution in [1.29, 1.82) is 0 Å². The summed E-state index contributed by atoms with van der Waals surface area (Å²) in [4.78, 5) is 18.9. The van der Waals surface area contributed by atoms with E-state index in [0.29, 0.717) is 10.9 Å². The number of ether oxygens (including phenoxy) is 2. The molecule has 1 fully saturated rings. The number of nitrogens with zero attached hydrogens (tertiary/aromatic N) is 2. The molecule has 6 nitrogen and oxygen atoms in total. The molecule has 0 aliphatic carbocycles. The van der Waals surface area contributed by atoms with E-state index in [0.717, 1.165) is 38.5 Å². The first-order valence-corrected chi connectivity index (χ1v) is 10.1. The molecule has 0 spiro atoms. The van der Waals surface area contributed by atoms with Crippen LogP contribution in [0.25, 0.3) is 0 Å². The molecule has 1 aliphatic heterocycles. The fourth-order valence-electron chi connectivity index (χ4n) is 2.78. The largest absolute Gasteiger partial charge is 0.484 e. The molecular formula is C20H27N3O3S. The SMILES string of the molecule is CC(C)(C)c1ccc(OCC(=O)Nc2nc(CN3CCOCC3)cs2)cc1. The zero-order chi connectivity index (χ0) is 19.3. The molecule has 1 aromatic carbocycles. The third kappa shape index (κ3) is 6.02. The number of aromatic nitrogens is 1. The number of amides is 1. The van der Waals surface area contributed by atoms with Crippen LogP contribution in [0.2, 0.25) is 0 Å². The normalized spacial score (nSPS) is 15.5. The number of carbonyl (C=O) groups is 1. The lowest BCUT2D eigenvalue weighted by molar-refractivity contribution is -0.118. The molecule has 0 radical (unpaired) electrons. The zero-order valence-electron chi connectivity index (χ0n) is 16.2. The topological polar surface area (TPSA) is 63.7 Å². The highest BCUT2D eigenvalue weighted by molar-refractivity contribution is 7.13. The molecule has 0 atom stereocenters. The number of hydrogen-bond acceptors (Lipinski definition) is 6. The second-order valence-corrected chi connectivity index (χ2v) is 8.50. The minimum atomic E-state index is -0.206. The van der Waals surface area contributed by atoms with Crippen LogP contribution in [0.5, 0.6) is 5.75 Å². The Balaban J connectivity index is 1.45. The minimum absolute atomic E-state index is 0.0345. The van der Waals surface area contributed by atoms with Gasteiger partial charge in [-0.25, -0.2) is 4.98 Å². The fourth-order valence-corrected chi connectivity index (χ4v) is 3.50. The first-order chi connectivity index (χ1) is 12.9. The summed E-state index contributed by atoms with van der Waals surface area (Å²) in [6.07, 6.45) is 0. The Morgan fingerprint density at radius 2 is 1.96 bits per heavy atom. The molecule has 0 saturated carbocycles. The Morgan fingerprint density at radius 3 is 2.63 bits per heavy atom. The molecule has 146 valence electrons. The minimum Gasteiger partial charge on any atom is -0.484 e. The van der Waals surface area contributed by atoms with E-state index in [4.69, 9.17) is 9.47 Å². The Bertz CT molecular complexity index is 747. The van der Waals surface area contributed by atoms with Crippen molar-refractivity contribution in [3.05, 3.63) is 40.9 Å². The maximum Gasteiger partial charge on any atom is 0.264 e. The Labute approximate surface area is 164 Å². The van der Waals surface area contributed by atoms with Crippen molar-refractivity contribution in [3.63, 3.8) is 0 Å². The van der Waals surface area contributed by atoms with Crippen molar-refractivity contribution in [3.8, 4) is 5.75 Å². The maximum atomic E-state index is 12.1. The van der Waals surface area contributed by atoms with Crippen LogP contribution in [0.3, 0.4) is 0 Å². The van der Waals surface area contributed by atoms with Crippen LogP contribution < -0.4 is 10.1 Å². The highest BCUT2D eigenvalue weighted by atomic mass is 32.1. The molecule has 0 unspecified atom stereocenters. The van der Waals surface area contributed by atoms with Gasteiger partial charge >= 0.3 is 0 Å². The van der Waals surface area contributed by atoms with Gasteiger partial charge in [-0.15, -0.1) is 11.3 Å². The summed E-state index contributed by atoms with van der Waals surface area (Å²) in [5.41, 5.74) is 2.30. The van der Waals surface area contributed by atoms with Crippen molar-refractivity contribution in [2.24, 2.45) is 0 Å². The average Bonchev–Trinajstić information content (AvgIpc) is 3.07. The van der Waals surface area contributed by atoms with Gasteiger partial charge in [0.15, 0.2) is 11.7 Å². The third-order valence-corrected chi connectivity index (χ3v) is 5.18. The standard InChI is InChI=1S/C20H27N3O3S/c1-20(2,3)15-4-6-17(7-5-15)26-13-18(24)22-19-21-16(14-27-19)12-23-8-10-25-11-9-23/h4-7,14H,8-13H2,1-3H3,(H,21,22,24). The van der Waals surface area contributed by atoms with Crippen LogP contribution >= 0.6 is 11.3 Å². The molecule has 1 aromatic heterocycles. The molecule has 1 N–H and O–H groups in total. The second kappa shape index (κ2) is 8.82. The van der Waals surface area contributed by atoms with Gasteiger partial charge in [0.1, 0.15) is 5.75 Å². The van der Waals surface area contributed by atoms with Gasteiger partial charge in [0.2, 0.25) is 0 Å². The Morgan fingerprint density at radius 1 is 1.26 bits per heavy atom. The summed E-state index contributed by atoms with van der Waals surface area (Å²) in [5.74, 6) is 0.479. The van der Waals surface area contributed by atoms with Gasteiger partial charge in [-0.3, -0.25) is 15.0 Å². The van der Waals surface area contributed by atoms with Gasteiger partial charge in [-0.2, -0.15) is 0 Å². The Hall–Kier alpha value is -1.96. The summed E-state index contributed by atoms with van der Waals surface area (Å²) >= 11 is 1.44. The van der Waals surface area contributed by atoms with Gasteiger partial charge in [0.25, 0.3) is 5.91 Å². The molecule has 3 rings (SSSR count). The van der Waals surface area contributed by atoms with Crippen molar-refractivity contribution in [2.75, 3.05) is 38.2 Å². The molecule has 2 heterocycles. The number of nitrogens with one attached hydrogen (secondary N) is 1. The third-order valence-electron chi connectivity index (χ3n) is 4.38. The van der Waals surface area contributed by atoms with Crippen LogP contribution in [-0.2, 0) is 21.5 Å². The average molecular weight is 390 g/mol. The molecular weight excluding hydrogens is 362 g/mol. The second-order valence-electron chi connectivity index (χ2n) is 7.64. The van der Waals surface area contributed by atoms with Crippen molar-refractivity contribution in [2.45, 2.75) is 32.7 Å². The fraction of sp³-hybridized carbons (Fsp3) is 0.500. The molecule has 1 saturated heterocycles. The van der Waals surface area contributed by atoms with Gasteiger partial charge in [0, 0.05) is 25.0 Å². The van der Waals surface area contributed by atoms with E-state index in [-0.39, 0.29) is 17.9 Å². The van der Waals surface area contributed by atoms with E-state index in [1.54, 1.807) is 0 Å². The monoisotopic (exact) mass is 389 g/mol. The van der Waals surface area contributed by atoms with Gasteiger partial charge in [-0.1, -0.05) is 32.9 Å². The van der Waals surface area contributed by atoms with Crippen molar-refractivity contribution >= 4 is 22.4 Å². The van der Waals surface area contributed by atoms with Crippen LogP contribution in [0.15, 0.2) is 29.6 Å². The molecule has 1 aliphatic rings. The highest BCUT2D eigenvalue weighted by Gasteiger charge is 2.15. The summed E-state index contributed by atoms with van der Waals surface area (Å²) < 4.78 is 10.9. The molecule has 2 aromatic rings. The zero-order valence-corrected chi connectivity index (χ0v) is 17.0. The van der Waals surface area contributed by atoms with Gasteiger partial charge < -0.3 is 9.47 Å². The van der Waals surface area contributed by atoms with E-state index >= 15 is 0 Å². The van der Waals surface area contributed by atoms with Crippen LogP contribution in [0.4, 0.5) is 5.13 Å². The molecule has 7 heteroatoms. The number of hydrogen-bond donors (Lipinski definition) is 1. The number of morpholine rings is 1. The van der Waals surface area contributed by atoms with Crippen LogP contribution in [-0.4, -0.2) is 48.7 Å². The van der Waals surface area contributed by atoms with Crippen LogP contribution in [0, 0.1) is 0 Å². The maximum absolute atomic E-state index is 12.1. The van der Waals surface area contributed by atoms with E-state index in [2.05, 4.69) is 36.0 Å². The van der Waals surface area contributed by atoms with Gasteiger partial charge in [0.05, 0.1) is 18.9 Å². The number of anilines is 1. The molecule has 0 bridgehead atoms. The van der Waals surface area contributed by atoms with Crippen LogP contribution in [0.1, 0.15) is 32.0 Å². The first-order valence-electron chi connectivity index (χ1n) is 9.18. The number of rotatable bonds is 6. The number of benzene rings is 1. The first kappa shape index (κ1) is 19.8. The smallest absolute Gasteiger partial charge is 0.264 e. The summed E-state index contributed by atoms with van der Waals surface area (Å²) in [5, 5.41) is 5.40. The highest BCUT2D eigenvalue weighted by Crippen LogP contribution is 2.24. The molecule has 1 amide bonds. The van der Waals surface area contributed by atoms with E-state index in [1.165, 1.54) is 16.9 Å². The summed E-state index contributed by atoms with van der Waals surface area (Å²) in [7, 11) is 0. The van der Waals surface area contributed by atoms with Crippen molar-refractivity contribution in [1.82, 2.24) is 9.88 Å². The lowest BCUT2D eigenvalue weighted by atomic mass is 9.87. The van der Waals surface area contributed by atoms with E-state index < -0.39 is 0 Å².